The smallest absolute Gasteiger partial charge is 0.336 e. The van der Waals surface area contributed by atoms with Gasteiger partial charge in [-0.2, -0.15) is 0 Å². The van der Waals surface area contributed by atoms with Crippen LogP contribution in [0, 0.1) is 0 Å². The normalized spacial score (nSPS) is 12.0. The van der Waals surface area contributed by atoms with Crippen LogP contribution >= 0.6 is 0 Å². The first-order valence-electron chi connectivity index (χ1n) is 4.51. The Balaban J connectivity index is 2.90. The lowest BCUT2D eigenvalue weighted by atomic mass is 10.2. The SMILES string of the molecule is NC(=O)CCS(=O)c1ccccc1C(=O)O. The number of carboxylic acid groups (broad SMARTS) is 1. The van der Waals surface area contributed by atoms with E-state index in [1.165, 1.54) is 12.1 Å². The van der Waals surface area contributed by atoms with E-state index in [1.54, 1.807) is 12.1 Å². The monoisotopic (exact) mass is 241 g/mol. The molecule has 1 unspecified atom stereocenters. The lowest BCUT2D eigenvalue weighted by Crippen LogP contribution is -2.15. The van der Waals surface area contributed by atoms with Gasteiger partial charge in [0, 0.05) is 12.2 Å². The summed E-state index contributed by atoms with van der Waals surface area (Å²) in [6.07, 6.45) is -0.0272. The van der Waals surface area contributed by atoms with Crippen molar-refractivity contribution in [2.45, 2.75) is 11.3 Å². The number of carboxylic acids is 1. The van der Waals surface area contributed by atoms with Gasteiger partial charge in [0.2, 0.25) is 5.91 Å². The van der Waals surface area contributed by atoms with Crippen LogP contribution in [0.3, 0.4) is 0 Å². The number of hydrogen-bond acceptors (Lipinski definition) is 3. The first-order valence-corrected chi connectivity index (χ1v) is 5.83. The number of benzene rings is 1. The van der Waals surface area contributed by atoms with Crippen LogP contribution in [-0.2, 0) is 15.6 Å². The van der Waals surface area contributed by atoms with Gasteiger partial charge < -0.3 is 10.8 Å². The third-order valence-electron chi connectivity index (χ3n) is 1.90. The van der Waals surface area contributed by atoms with Crippen molar-refractivity contribution in [1.82, 2.24) is 0 Å². The molecule has 16 heavy (non-hydrogen) atoms. The van der Waals surface area contributed by atoms with E-state index in [2.05, 4.69) is 0 Å². The van der Waals surface area contributed by atoms with E-state index in [0.717, 1.165) is 0 Å². The number of hydrogen-bond donors (Lipinski definition) is 2. The summed E-state index contributed by atoms with van der Waals surface area (Å²) in [4.78, 5) is 21.6. The Morgan fingerprint density at radius 2 is 1.94 bits per heavy atom. The standard InChI is InChI=1S/C10H11NO4S/c11-9(12)5-6-16(15)8-4-2-1-3-7(8)10(13)14/h1-4H,5-6H2,(H2,11,12)(H,13,14). The van der Waals surface area contributed by atoms with E-state index in [4.69, 9.17) is 10.8 Å². The van der Waals surface area contributed by atoms with Gasteiger partial charge in [-0.3, -0.25) is 9.00 Å². The maximum atomic E-state index is 11.7. The quantitative estimate of drug-likeness (QED) is 0.778. The number of carbonyl (C=O) groups is 2. The third-order valence-corrected chi connectivity index (χ3v) is 3.32. The zero-order valence-electron chi connectivity index (χ0n) is 8.38. The van der Waals surface area contributed by atoms with Crippen molar-refractivity contribution in [1.29, 1.82) is 0 Å². The molecular formula is C10H11NO4S. The van der Waals surface area contributed by atoms with Gasteiger partial charge in [-0.15, -0.1) is 0 Å². The van der Waals surface area contributed by atoms with Gasteiger partial charge in [0.25, 0.3) is 0 Å². The molecule has 0 bridgehead atoms. The molecule has 0 aliphatic heterocycles. The van der Waals surface area contributed by atoms with Crippen LogP contribution < -0.4 is 5.73 Å². The molecule has 1 rings (SSSR count). The molecule has 86 valence electrons. The number of nitrogens with two attached hydrogens (primary N) is 1. The van der Waals surface area contributed by atoms with Gasteiger partial charge in [-0.25, -0.2) is 4.79 Å². The first kappa shape index (κ1) is 12.4. The number of aromatic carboxylic acids is 1. The van der Waals surface area contributed by atoms with E-state index in [0.29, 0.717) is 0 Å². The van der Waals surface area contributed by atoms with E-state index in [9.17, 15) is 13.8 Å². The molecule has 5 nitrogen and oxygen atoms in total. The summed E-state index contributed by atoms with van der Waals surface area (Å²) < 4.78 is 11.7. The lowest BCUT2D eigenvalue weighted by Gasteiger charge is -2.04. The molecule has 0 fully saturated rings. The highest BCUT2D eigenvalue weighted by molar-refractivity contribution is 7.85. The number of primary amides is 1. The molecule has 0 aliphatic carbocycles. The van der Waals surface area contributed by atoms with E-state index in [1.807, 2.05) is 0 Å². The highest BCUT2D eigenvalue weighted by Gasteiger charge is 2.14. The zero-order chi connectivity index (χ0) is 12.1. The van der Waals surface area contributed by atoms with Gasteiger partial charge in [0.15, 0.2) is 0 Å². The Labute approximate surface area is 94.7 Å². The fourth-order valence-electron chi connectivity index (χ4n) is 1.15. The van der Waals surface area contributed by atoms with Gasteiger partial charge in [0.1, 0.15) is 0 Å². The van der Waals surface area contributed by atoms with E-state index < -0.39 is 22.7 Å². The highest BCUT2D eigenvalue weighted by atomic mass is 32.2. The summed E-state index contributed by atoms with van der Waals surface area (Å²) in [7, 11) is -1.52. The minimum absolute atomic E-state index is 0.00898. The summed E-state index contributed by atoms with van der Waals surface area (Å²) in [6.45, 7) is 0. The third kappa shape index (κ3) is 3.16. The van der Waals surface area contributed by atoms with Gasteiger partial charge in [-0.1, -0.05) is 12.1 Å². The second-order valence-corrected chi connectivity index (χ2v) is 4.61. The predicted octanol–water partition coefficient (Wildman–Crippen LogP) is 0.368. The van der Waals surface area contributed by atoms with Crippen molar-refractivity contribution < 1.29 is 18.9 Å². The van der Waals surface area contributed by atoms with Crippen LogP contribution in [0.1, 0.15) is 16.8 Å². The van der Waals surface area contributed by atoms with Gasteiger partial charge in [-0.05, 0) is 12.1 Å². The molecule has 0 saturated heterocycles. The lowest BCUT2D eigenvalue weighted by molar-refractivity contribution is -0.117. The molecule has 0 spiro atoms. The molecule has 1 atom stereocenters. The fraction of sp³-hybridized carbons (Fsp3) is 0.200. The first-order chi connectivity index (χ1) is 7.52. The Morgan fingerprint density at radius 1 is 1.31 bits per heavy atom. The Kier molecular flexibility index (Phi) is 4.19. The molecule has 0 radical (unpaired) electrons. The van der Waals surface area contributed by atoms with Crippen molar-refractivity contribution in [3.05, 3.63) is 29.8 Å². The number of rotatable bonds is 5. The van der Waals surface area contributed by atoms with Crippen molar-refractivity contribution in [3.63, 3.8) is 0 Å². The summed E-state index contributed by atoms with van der Waals surface area (Å²) >= 11 is 0. The Bertz CT molecular complexity index is 444. The molecule has 0 heterocycles. The second-order valence-electron chi connectivity index (χ2n) is 3.07. The van der Waals surface area contributed by atoms with Gasteiger partial charge >= 0.3 is 5.97 Å². The number of carbonyl (C=O) groups excluding carboxylic acids is 1. The molecule has 1 aromatic rings. The maximum absolute atomic E-state index is 11.7. The largest absolute Gasteiger partial charge is 0.478 e. The average Bonchev–Trinajstić information content (AvgIpc) is 2.25. The number of amides is 1. The average molecular weight is 241 g/mol. The molecule has 1 aromatic carbocycles. The fourth-order valence-corrected chi connectivity index (χ4v) is 2.38. The minimum atomic E-state index is -1.52. The van der Waals surface area contributed by atoms with Crippen molar-refractivity contribution in [3.8, 4) is 0 Å². The summed E-state index contributed by atoms with van der Waals surface area (Å²) in [5.74, 6) is -1.65. The minimum Gasteiger partial charge on any atom is -0.478 e. The molecule has 0 aliphatic rings. The van der Waals surface area contributed by atoms with Crippen LogP contribution in [0.4, 0.5) is 0 Å². The Hall–Kier alpha value is -1.69. The molecule has 1 amide bonds. The summed E-state index contributed by atoms with van der Waals surface area (Å²) in [5.41, 5.74) is 4.92. The second kappa shape index (κ2) is 5.41. The van der Waals surface area contributed by atoms with Crippen molar-refractivity contribution in [2.75, 3.05) is 5.75 Å². The topological polar surface area (TPSA) is 97.5 Å². The van der Waals surface area contributed by atoms with Crippen LogP contribution in [-0.4, -0.2) is 26.9 Å². The van der Waals surface area contributed by atoms with Crippen LogP contribution in [0.2, 0.25) is 0 Å². The highest BCUT2D eigenvalue weighted by Crippen LogP contribution is 2.14. The molecule has 0 saturated carbocycles. The van der Waals surface area contributed by atoms with Crippen LogP contribution in [0.5, 0.6) is 0 Å². The van der Waals surface area contributed by atoms with Crippen LogP contribution in [0.15, 0.2) is 29.2 Å². The molecule has 0 aromatic heterocycles. The van der Waals surface area contributed by atoms with E-state index in [-0.39, 0.29) is 22.6 Å². The van der Waals surface area contributed by atoms with Gasteiger partial charge in [0.05, 0.1) is 21.3 Å². The predicted molar refractivity (Wildman–Crippen MR) is 58.5 cm³/mol. The molecule has 3 N–H and O–H groups in total. The summed E-state index contributed by atoms with van der Waals surface area (Å²) in [6, 6.07) is 6.00. The van der Waals surface area contributed by atoms with E-state index >= 15 is 0 Å². The molecular weight excluding hydrogens is 230 g/mol. The zero-order valence-corrected chi connectivity index (χ0v) is 9.20. The van der Waals surface area contributed by atoms with Crippen molar-refractivity contribution >= 4 is 22.7 Å². The summed E-state index contributed by atoms with van der Waals surface area (Å²) in [5, 5.41) is 8.87. The molecule has 6 heteroatoms. The van der Waals surface area contributed by atoms with Crippen LogP contribution in [0.25, 0.3) is 0 Å². The van der Waals surface area contributed by atoms with Crippen molar-refractivity contribution in [2.24, 2.45) is 5.73 Å². The Morgan fingerprint density at radius 3 is 2.50 bits per heavy atom. The maximum Gasteiger partial charge on any atom is 0.336 e.